The first-order valence-corrected chi connectivity index (χ1v) is 20.7. The molecule has 0 spiro atoms. The van der Waals surface area contributed by atoms with Gasteiger partial charge in [0.25, 0.3) is 0 Å². The average molecular weight is 631 g/mol. The van der Waals surface area contributed by atoms with Crippen LogP contribution in [0.5, 0.6) is 0 Å². The van der Waals surface area contributed by atoms with E-state index in [4.69, 9.17) is 13.3 Å². The van der Waals surface area contributed by atoms with Crippen LogP contribution in [0, 0.1) is 0 Å². The van der Waals surface area contributed by atoms with Gasteiger partial charge in [-0.1, -0.05) is 155 Å². The lowest BCUT2D eigenvalue weighted by Crippen LogP contribution is -2.52. The number of hydrogen-bond acceptors (Lipinski definition) is 3. The van der Waals surface area contributed by atoms with E-state index in [9.17, 15) is 0 Å². The van der Waals surface area contributed by atoms with Crippen molar-refractivity contribution in [1.82, 2.24) is 0 Å². The summed E-state index contributed by atoms with van der Waals surface area (Å²) < 4.78 is 19.8. The van der Waals surface area contributed by atoms with E-state index in [0.717, 1.165) is 25.3 Å². The first-order valence-electron chi connectivity index (χ1n) is 15.6. The molecule has 4 aromatic carbocycles. The van der Waals surface area contributed by atoms with Gasteiger partial charge in [0, 0.05) is 19.3 Å². The van der Waals surface area contributed by atoms with E-state index in [1.165, 1.54) is 21.2 Å². The van der Waals surface area contributed by atoms with Gasteiger partial charge >= 0.3 is 8.80 Å². The number of rotatable bonds is 16. The van der Waals surface area contributed by atoms with E-state index in [-0.39, 0.29) is 0 Å². The summed E-state index contributed by atoms with van der Waals surface area (Å²) in [6.45, 7) is 9.67. The molecule has 1 atom stereocenters. The van der Waals surface area contributed by atoms with E-state index >= 15 is 0 Å². The van der Waals surface area contributed by atoms with Crippen LogP contribution in [0.15, 0.2) is 121 Å². The first-order chi connectivity index (χ1) is 21.0. The van der Waals surface area contributed by atoms with Crippen molar-refractivity contribution in [3.8, 4) is 0 Å². The van der Waals surface area contributed by atoms with Crippen molar-refractivity contribution in [3.05, 3.63) is 121 Å². The van der Waals surface area contributed by atoms with Crippen LogP contribution in [0.4, 0.5) is 0 Å². The minimum Gasteiger partial charge on any atom is -0.374 e. The van der Waals surface area contributed by atoms with Crippen molar-refractivity contribution in [3.63, 3.8) is 0 Å². The maximum Gasteiger partial charge on any atom is 0.501 e. The van der Waals surface area contributed by atoms with Gasteiger partial charge < -0.3 is 13.3 Å². The van der Waals surface area contributed by atoms with Gasteiger partial charge in [0.15, 0.2) is 0 Å². The summed E-state index contributed by atoms with van der Waals surface area (Å²) in [4.78, 5) is 0. The lowest BCUT2D eigenvalue weighted by molar-refractivity contribution is -0.0182. The highest BCUT2D eigenvalue weighted by molar-refractivity contribution is 7.72. The summed E-state index contributed by atoms with van der Waals surface area (Å²) in [5, 5.41) is 5.60. The molecule has 0 bridgehead atoms. The molecule has 3 nitrogen and oxygen atoms in total. The molecule has 228 valence electrons. The molecule has 4 aromatic rings. The van der Waals surface area contributed by atoms with Crippen molar-refractivity contribution in [2.75, 3.05) is 13.2 Å². The van der Waals surface area contributed by atoms with Crippen LogP contribution in [0.2, 0.25) is 6.04 Å². The molecule has 0 aliphatic carbocycles. The molecule has 0 aliphatic heterocycles. The maximum atomic E-state index is 7.14. The SMILES string of the molecule is CCO[Si](CC)(OCC)OC(C)(CC=[PH](c1ccccc1)c1ccccc1)CCC=[PH](c1ccccc1)c1ccccc1. The van der Waals surface area contributed by atoms with Crippen LogP contribution in [-0.2, 0) is 13.3 Å². The third kappa shape index (κ3) is 9.78. The molecule has 6 heteroatoms. The molecular weight excluding hydrogens is 582 g/mol. The van der Waals surface area contributed by atoms with Gasteiger partial charge in [0.2, 0.25) is 0 Å². The van der Waals surface area contributed by atoms with Gasteiger partial charge in [0.1, 0.15) is 0 Å². The van der Waals surface area contributed by atoms with Gasteiger partial charge in [-0.3, -0.25) is 0 Å². The molecule has 0 aromatic heterocycles. The van der Waals surface area contributed by atoms with Crippen molar-refractivity contribution in [2.24, 2.45) is 0 Å². The molecule has 0 N–H and O–H groups in total. The topological polar surface area (TPSA) is 27.7 Å². The van der Waals surface area contributed by atoms with Crippen LogP contribution in [-0.4, -0.2) is 39.2 Å². The number of hydrogen-bond donors (Lipinski definition) is 0. The summed E-state index contributed by atoms with van der Waals surface area (Å²) in [6.07, 6.45) is 2.67. The van der Waals surface area contributed by atoms with Crippen molar-refractivity contribution >= 4 is 56.7 Å². The Morgan fingerprint density at radius 2 is 0.953 bits per heavy atom. The van der Waals surface area contributed by atoms with Crippen molar-refractivity contribution in [2.45, 2.75) is 58.6 Å². The molecule has 0 radical (unpaired) electrons. The fraction of sp³-hybridized carbons (Fsp3) is 0.297. The molecule has 0 saturated heterocycles. The molecule has 4 rings (SSSR count). The smallest absolute Gasteiger partial charge is 0.374 e. The van der Waals surface area contributed by atoms with Crippen LogP contribution < -0.4 is 21.2 Å². The molecule has 1 unspecified atom stereocenters. The lowest BCUT2D eigenvalue weighted by atomic mass is 9.98. The monoisotopic (exact) mass is 630 g/mol. The predicted molar refractivity (Wildman–Crippen MR) is 196 cm³/mol. The predicted octanol–water partition coefficient (Wildman–Crippen LogP) is 7.30. The Hall–Kier alpha value is -2.42. The molecule has 0 saturated carbocycles. The second kappa shape index (κ2) is 17.2. The van der Waals surface area contributed by atoms with Gasteiger partial charge in [0.05, 0.1) is 5.60 Å². The highest BCUT2D eigenvalue weighted by atomic mass is 31.1. The molecule has 0 aliphatic rings. The molecular formula is C37H48O3P2Si. The van der Waals surface area contributed by atoms with E-state index < -0.39 is 29.5 Å². The number of benzene rings is 4. The molecule has 0 heterocycles. The van der Waals surface area contributed by atoms with E-state index in [2.05, 4.69) is 147 Å². The Labute approximate surface area is 262 Å². The van der Waals surface area contributed by atoms with Gasteiger partial charge in [-0.25, -0.2) is 0 Å². The van der Waals surface area contributed by atoms with E-state index in [0.29, 0.717) is 13.2 Å². The lowest BCUT2D eigenvalue weighted by Gasteiger charge is -2.39. The van der Waals surface area contributed by atoms with Crippen LogP contribution >= 0.6 is 15.1 Å². The van der Waals surface area contributed by atoms with Crippen molar-refractivity contribution in [1.29, 1.82) is 0 Å². The summed E-state index contributed by atoms with van der Waals surface area (Å²) in [6, 6.07) is 44.5. The molecule has 0 amide bonds. The summed E-state index contributed by atoms with van der Waals surface area (Å²) in [5.74, 6) is 5.11. The Morgan fingerprint density at radius 3 is 1.30 bits per heavy atom. The summed E-state index contributed by atoms with van der Waals surface area (Å²) in [7, 11) is -5.02. The standard InChI is InChI=1S/C37H48O3P2Si/c1-5-38-43(7-3,39-6-2)40-37(4,30-32-42(35-25-16-10-17-26-35)36-27-18-11-19-28-36)29-20-31-41(33-21-12-8-13-22-33)34-23-14-9-15-24-34/h8-19,21-28,31-32,41-42H,5-7,20,29-30H2,1-4H3. The largest absolute Gasteiger partial charge is 0.501 e. The van der Waals surface area contributed by atoms with Gasteiger partial charge in [-0.05, 0) is 61.3 Å². The Balaban J connectivity index is 1.71. The fourth-order valence-corrected chi connectivity index (χ4v) is 13.0. The normalized spacial score (nSPS) is 13.2. The third-order valence-corrected chi connectivity index (χ3v) is 15.9. The van der Waals surface area contributed by atoms with Crippen LogP contribution in [0.1, 0.15) is 47.0 Å². The van der Waals surface area contributed by atoms with E-state index in [1.807, 2.05) is 13.8 Å². The Morgan fingerprint density at radius 1 is 0.581 bits per heavy atom. The van der Waals surface area contributed by atoms with Crippen LogP contribution in [0.25, 0.3) is 0 Å². The first kappa shape index (κ1) is 33.5. The highest BCUT2D eigenvalue weighted by Gasteiger charge is 2.44. The summed E-state index contributed by atoms with van der Waals surface area (Å²) in [5.41, 5.74) is -0.428. The second-order valence-corrected chi connectivity index (χ2v) is 18.5. The maximum absolute atomic E-state index is 7.14. The zero-order valence-corrected chi connectivity index (χ0v) is 29.2. The van der Waals surface area contributed by atoms with Gasteiger partial charge in [-0.2, -0.15) is 0 Å². The van der Waals surface area contributed by atoms with Crippen LogP contribution in [0.3, 0.4) is 0 Å². The zero-order valence-electron chi connectivity index (χ0n) is 26.2. The summed E-state index contributed by atoms with van der Waals surface area (Å²) >= 11 is 0. The fourth-order valence-electron chi connectivity index (χ4n) is 5.50. The Bertz CT molecular complexity index is 1340. The average Bonchev–Trinajstić information content (AvgIpc) is 3.05. The van der Waals surface area contributed by atoms with Gasteiger partial charge in [-0.15, -0.1) is 0 Å². The Kier molecular flexibility index (Phi) is 13.4. The van der Waals surface area contributed by atoms with Crippen molar-refractivity contribution < 1.29 is 13.3 Å². The minimum atomic E-state index is -2.85. The molecule has 0 fully saturated rings. The quantitative estimate of drug-likeness (QED) is 0.0961. The second-order valence-electron chi connectivity index (χ2n) is 10.9. The zero-order chi connectivity index (χ0) is 30.4. The molecule has 43 heavy (non-hydrogen) atoms. The third-order valence-electron chi connectivity index (χ3n) is 7.66. The minimum absolute atomic E-state index is 0.428. The van der Waals surface area contributed by atoms with E-state index in [1.54, 1.807) is 0 Å². The highest BCUT2D eigenvalue weighted by Crippen LogP contribution is 2.33.